The van der Waals surface area contributed by atoms with Crippen LogP contribution in [0.1, 0.15) is 24.2 Å². The molecule has 0 spiro atoms. The summed E-state index contributed by atoms with van der Waals surface area (Å²) >= 11 is 5.82. The molecule has 0 saturated carbocycles. The Bertz CT molecular complexity index is 855. The van der Waals surface area contributed by atoms with E-state index in [1.807, 2.05) is 0 Å². The average Bonchev–Trinajstić information content (AvgIpc) is 2.61. The number of aromatic nitrogens is 1. The number of hydrogen-bond acceptors (Lipinski definition) is 4. The van der Waals surface area contributed by atoms with E-state index in [4.69, 9.17) is 11.6 Å². The first kappa shape index (κ1) is 21.5. The number of pyridine rings is 1. The normalized spacial score (nSPS) is 11.2. The lowest BCUT2D eigenvalue weighted by atomic mass is 10.2. The number of rotatable bonds is 6. The van der Waals surface area contributed by atoms with E-state index >= 15 is 0 Å². The minimum Gasteiger partial charge on any atom is -0.467 e. The first-order chi connectivity index (χ1) is 13.0. The summed E-state index contributed by atoms with van der Waals surface area (Å²) in [6.07, 6.45) is -3.47. The van der Waals surface area contributed by atoms with Gasteiger partial charge in [0.15, 0.2) is 6.61 Å². The molecule has 10 heteroatoms. The molecule has 1 aromatic heterocycles. The van der Waals surface area contributed by atoms with Crippen molar-refractivity contribution in [3.05, 3.63) is 47.1 Å². The van der Waals surface area contributed by atoms with E-state index < -0.39 is 24.6 Å². The highest BCUT2D eigenvalue weighted by Gasteiger charge is 2.29. The summed E-state index contributed by atoms with van der Waals surface area (Å²) in [6, 6.07) is 7.57. The van der Waals surface area contributed by atoms with Gasteiger partial charge in [-0.2, -0.15) is 13.2 Å². The number of alkyl halides is 3. The Hall–Kier alpha value is -2.81. The first-order valence-corrected chi connectivity index (χ1v) is 8.50. The third kappa shape index (κ3) is 6.41. The zero-order chi connectivity index (χ0) is 20.9. The molecular weight excluding hydrogens is 399 g/mol. The highest BCUT2D eigenvalue weighted by atomic mass is 35.5. The molecule has 1 aromatic carbocycles. The summed E-state index contributed by atoms with van der Waals surface area (Å²) in [5.74, 6) is -1.28. The minimum absolute atomic E-state index is 0.0431. The van der Waals surface area contributed by atoms with Gasteiger partial charge in [-0.05, 0) is 30.3 Å². The fourth-order valence-corrected chi connectivity index (χ4v) is 2.15. The Kier molecular flexibility index (Phi) is 6.85. The van der Waals surface area contributed by atoms with E-state index in [1.165, 1.54) is 0 Å². The molecule has 1 heterocycles. The van der Waals surface area contributed by atoms with Crippen molar-refractivity contribution in [2.24, 2.45) is 5.92 Å². The lowest BCUT2D eigenvalue weighted by molar-refractivity contribution is -0.154. The topological polar surface area (TPSA) is 80.3 Å². The highest BCUT2D eigenvalue weighted by Crippen LogP contribution is 2.25. The van der Waals surface area contributed by atoms with Gasteiger partial charge in [0, 0.05) is 23.5 Å². The second kappa shape index (κ2) is 8.92. The molecule has 0 atom stereocenters. The van der Waals surface area contributed by atoms with Crippen LogP contribution in [0, 0.1) is 5.92 Å². The molecule has 2 amide bonds. The van der Waals surface area contributed by atoms with Crippen molar-refractivity contribution in [3.63, 3.8) is 0 Å². The van der Waals surface area contributed by atoms with E-state index in [9.17, 15) is 22.8 Å². The summed E-state index contributed by atoms with van der Waals surface area (Å²) in [6.45, 7) is 2.00. The Labute approximate surface area is 164 Å². The molecule has 6 nitrogen and oxygen atoms in total. The Morgan fingerprint density at radius 2 is 1.71 bits per heavy atom. The number of benzene rings is 1. The molecule has 150 valence electrons. The van der Waals surface area contributed by atoms with Crippen LogP contribution < -0.4 is 15.4 Å². The molecule has 0 saturated heterocycles. The second-order valence-electron chi connectivity index (χ2n) is 6.09. The lowest BCUT2D eigenvalue weighted by Crippen LogP contribution is -2.20. The number of carbonyl (C=O) groups excluding carboxylic acids is 2. The fraction of sp³-hybridized carbons (Fsp3) is 0.278. The number of nitrogens with zero attached hydrogens (tertiary/aromatic N) is 1. The summed E-state index contributed by atoms with van der Waals surface area (Å²) < 4.78 is 41.0. The lowest BCUT2D eigenvalue weighted by Gasteiger charge is -2.11. The van der Waals surface area contributed by atoms with E-state index in [-0.39, 0.29) is 22.4 Å². The molecule has 2 aromatic rings. The molecule has 0 aliphatic rings. The van der Waals surface area contributed by atoms with E-state index in [2.05, 4.69) is 20.4 Å². The van der Waals surface area contributed by atoms with Crippen molar-refractivity contribution < 1.29 is 27.5 Å². The van der Waals surface area contributed by atoms with Crippen LogP contribution in [-0.4, -0.2) is 29.6 Å². The zero-order valence-electron chi connectivity index (χ0n) is 14.9. The van der Waals surface area contributed by atoms with Crippen LogP contribution in [0.15, 0.2) is 36.5 Å². The maximum Gasteiger partial charge on any atom is 0.422 e. The van der Waals surface area contributed by atoms with Gasteiger partial charge >= 0.3 is 6.18 Å². The molecule has 0 bridgehead atoms. The van der Waals surface area contributed by atoms with Gasteiger partial charge in [0.2, 0.25) is 11.8 Å². The van der Waals surface area contributed by atoms with Crippen LogP contribution in [0.4, 0.5) is 24.5 Å². The Balaban J connectivity index is 2.00. The van der Waals surface area contributed by atoms with Gasteiger partial charge in [0.1, 0.15) is 5.02 Å². The maximum absolute atomic E-state index is 12.2. The van der Waals surface area contributed by atoms with Gasteiger partial charge in [-0.1, -0.05) is 25.4 Å². The van der Waals surface area contributed by atoms with Crippen molar-refractivity contribution in [2.45, 2.75) is 20.0 Å². The fourth-order valence-electron chi connectivity index (χ4n) is 1.93. The molecule has 2 N–H and O–H groups in total. The van der Waals surface area contributed by atoms with Gasteiger partial charge in [0.05, 0.1) is 5.56 Å². The smallest absolute Gasteiger partial charge is 0.422 e. The van der Waals surface area contributed by atoms with Gasteiger partial charge in [-0.3, -0.25) is 9.59 Å². The largest absolute Gasteiger partial charge is 0.467 e. The molecular formula is C18H17ClF3N3O3. The number of halogens is 4. The molecule has 0 fully saturated rings. The molecule has 2 rings (SSSR count). The highest BCUT2D eigenvalue weighted by molar-refractivity contribution is 6.32. The Morgan fingerprint density at radius 1 is 1.14 bits per heavy atom. The number of hydrogen-bond donors (Lipinski definition) is 2. The summed E-state index contributed by atoms with van der Waals surface area (Å²) in [4.78, 5) is 27.5. The van der Waals surface area contributed by atoms with Crippen LogP contribution in [0.25, 0.3) is 0 Å². The summed E-state index contributed by atoms with van der Waals surface area (Å²) in [5.41, 5.74) is 1.06. The van der Waals surface area contributed by atoms with Crippen LogP contribution in [0.2, 0.25) is 5.02 Å². The number of anilines is 2. The van der Waals surface area contributed by atoms with Crippen molar-refractivity contribution in [2.75, 3.05) is 17.2 Å². The van der Waals surface area contributed by atoms with Gasteiger partial charge in [0.25, 0.3) is 5.91 Å². The number of amides is 2. The monoisotopic (exact) mass is 415 g/mol. The number of carbonyl (C=O) groups is 2. The van der Waals surface area contributed by atoms with Gasteiger partial charge in [-0.15, -0.1) is 0 Å². The van der Waals surface area contributed by atoms with Crippen LogP contribution >= 0.6 is 11.6 Å². The third-order valence-corrected chi connectivity index (χ3v) is 3.65. The summed E-state index contributed by atoms with van der Waals surface area (Å²) in [5, 5.41) is 5.09. The van der Waals surface area contributed by atoms with Crippen molar-refractivity contribution in [1.29, 1.82) is 0 Å². The zero-order valence-corrected chi connectivity index (χ0v) is 15.7. The third-order valence-electron chi connectivity index (χ3n) is 3.38. The van der Waals surface area contributed by atoms with Gasteiger partial charge < -0.3 is 15.4 Å². The van der Waals surface area contributed by atoms with Crippen molar-refractivity contribution in [3.8, 4) is 5.88 Å². The SMILES string of the molecule is CC(C)C(=O)Nc1ccc(NC(=O)c2cnc(OCC(F)(F)F)c(Cl)c2)cc1. The first-order valence-electron chi connectivity index (χ1n) is 8.12. The van der Waals surface area contributed by atoms with Crippen molar-refractivity contribution in [1.82, 2.24) is 4.98 Å². The molecule has 0 unspecified atom stereocenters. The molecule has 0 aliphatic heterocycles. The maximum atomic E-state index is 12.2. The standard InChI is InChI=1S/C18H17ClF3N3O3/c1-10(2)15(26)24-12-3-5-13(6-4-12)25-16(27)11-7-14(19)17(23-8-11)28-9-18(20,21)22/h3-8,10H,9H2,1-2H3,(H,24,26)(H,25,27). The van der Waals surface area contributed by atoms with Crippen LogP contribution in [0.3, 0.4) is 0 Å². The molecule has 0 radical (unpaired) electrons. The predicted molar refractivity (Wildman–Crippen MR) is 98.7 cm³/mol. The Morgan fingerprint density at radius 3 is 2.21 bits per heavy atom. The van der Waals surface area contributed by atoms with E-state index in [1.54, 1.807) is 38.1 Å². The predicted octanol–water partition coefficient (Wildman–Crippen LogP) is 4.52. The van der Waals surface area contributed by atoms with Gasteiger partial charge in [-0.25, -0.2) is 4.98 Å². The van der Waals surface area contributed by atoms with E-state index in [0.29, 0.717) is 11.4 Å². The van der Waals surface area contributed by atoms with Crippen molar-refractivity contribution >= 4 is 34.8 Å². The van der Waals surface area contributed by atoms with E-state index in [0.717, 1.165) is 12.3 Å². The molecule has 28 heavy (non-hydrogen) atoms. The minimum atomic E-state index is -4.53. The van der Waals surface area contributed by atoms with Crippen LogP contribution in [-0.2, 0) is 4.79 Å². The molecule has 0 aliphatic carbocycles. The second-order valence-corrected chi connectivity index (χ2v) is 6.50. The quantitative estimate of drug-likeness (QED) is 0.726. The number of nitrogens with one attached hydrogen (secondary N) is 2. The average molecular weight is 416 g/mol. The van der Waals surface area contributed by atoms with Crippen LogP contribution in [0.5, 0.6) is 5.88 Å². The summed E-state index contributed by atoms with van der Waals surface area (Å²) in [7, 11) is 0. The number of ether oxygens (including phenoxy) is 1.